The van der Waals surface area contributed by atoms with Crippen LogP contribution in [0.4, 0.5) is 0 Å². The lowest BCUT2D eigenvalue weighted by Crippen LogP contribution is -2.27. The summed E-state index contributed by atoms with van der Waals surface area (Å²) in [5.74, 6) is 1.19. The Kier molecular flexibility index (Phi) is 4.84. The molecule has 6 rings (SSSR count). The van der Waals surface area contributed by atoms with Crippen molar-refractivity contribution in [3.63, 3.8) is 0 Å². The molecule has 0 saturated heterocycles. The minimum atomic E-state index is 0.107. The summed E-state index contributed by atoms with van der Waals surface area (Å²) in [6, 6.07) is 23.8. The zero-order chi connectivity index (χ0) is 22.5. The summed E-state index contributed by atoms with van der Waals surface area (Å²) in [6.07, 6.45) is 3.26. The van der Waals surface area contributed by atoms with Crippen LogP contribution in [-0.4, -0.2) is 17.9 Å². The highest BCUT2D eigenvalue weighted by molar-refractivity contribution is 5.99. The number of carbonyl (C=O) groups excluding carboxylic acids is 1. The maximum atomic E-state index is 12.5. The molecule has 166 valence electrons. The Balaban J connectivity index is 1.34. The summed E-state index contributed by atoms with van der Waals surface area (Å²) in [6.45, 7) is 2.91. The van der Waals surface area contributed by atoms with E-state index in [9.17, 15) is 4.79 Å². The number of rotatable bonds is 4. The van der Waals surface area contributed by atoms with Gasteiger partial charge in [0, 0.05) is 36.1 Å². The molecule has 4 aromatic rings. The Hall–Kier alpha value is -3.37. The van der Waals surface area contributed by atoms with Gasteiger partial charge in [-0.25, -0.2) is 0 Å². The molecule has 3 aromatic carbocycles. The van der Waals surface area contributed by atoms with Gasteiger partial charge in [-0.15, -0.1) is 0 Å². The predicted octanol–water partition coefficient (Wildman–Crippen LogP) is 6.41. The maximum absolute atomic E-state index is 12.5. The van der Waals surface area contributed by atoms with E-state index in [2.05, 4.69) is 72.9 Å². The molecule has 0 fully saturated rings. The number of hydrogen-bond donors (Lipinski definition) is 1. The molecular weight excluding hydrogens is 408 g/mol. The summed E-state index contributed by atoms with van der Waals surface area (Å²) in [7, 11) is 1.86. The molecule has 2 atom stereocenters. The fraction of sp³-hybridized carbons (Fsp3) is 0.276. The Morgan fingerprint density at radius 2 is 1.82 bits per heavy atom. The van der Waals surface area contributed by atoms with Crippen LogP contribution in [0, 0.1) is 0 Å². The quantitative estimate of drug-likeness (QED) is 0.402. The van der Waals surface area contributed by atoms with Crippen molar-refractivity contribution in [3.05, 3.63) is 94.7 Å². The number of benzene rings is 3. The number of furan rings is 1. The van der Waals surface area contributed by atoms with E-state index >= 15 is 0 Å². The summed E-state index contributed by atoms with van der Waals surface area (Å²) in [5, 5.41) is 5.00. The number of hydrogen-bond acceptors (Lipinski definition) is 3. The molecule has 2 heterocycles. The van der Waals surface area contributed by atoms with Crippen LogP contribution in [-0.2, 0) is 13.0 Å². The first-order valence-corrected chi connectivity index (χ1v) is 11.8. The van der Waals surface area contributed by atoms with E-state index in [1.54, 1.807) is 4.90 Å². The van der Waals surface area contributed by atoms with Gasteiger partial charge in [0.1, 0.15) is 11.3 Å². The van der Waals surface area contributed by atoms with Gasteiger partial charge in [0.2, 0.25) is 0 Å². The normalized spacial score (nSPS) is 18.4. The van der Waals surface area contributed by atoms with Crippen molar-refractivity contribution < 1.29 is 9.21 Å². The van der Waals surface area contributed by atoms with E-state index in [1.165, 1.54) is 16.5 Å². The van der Waals surface area contributed by atoms with E-state index in [-0.39, 0.29) is 18.0 Å². The van der Waals surface area contributed by atoms with Crippen LogP contribution >= 0.6 is 0 Å². The molecule has 4 heteroatoms. The van der Waals surface area contributed by atoms with Crippen molar-refractivity contribution in [3.8, 4) is 11.1 Å². The molecule has 1 aliphatic carbocycles. The third-order valence-corrected chi connectivity index (χ3v) is 7.24. The van der Waals surface area contributed by atoms with Crippen LogP contribution in [0.1, 0.15) is 64.7 Å². The first-order valence-electron chi connectivity index (χ1n) is 11.8. The average Bonchev–Trinajstić information content (AvgIpc) is 3.36. The number of fused-ring (bicyclic) bond motifs is 4. The largest absolute Gasteiger partial charge is 0.459 e. The van der Waals surface area contributed by atoms with Gasteiger partial charge in [-0.1, -0.05) is 48.5 Å². The van der Waals surface area contributed by atoms with E-state index in [0.717, 1.165) is 52.9 Å². The standard InChI is InChI=1S/C29H28N2O2/c1-18(19-7-4-3-5-8-19)30-26-10-6-9-23-25-16-21(13-14-27(25)33-28(23)26)20-11-12-22-17-31(2)29(32)24(22)15-20/h3-5,7-8,11-16,18,26,30H,6,9-10,17H2,1-2H3/t18-,26-/m1/s1. The van der Waals surface area contributed by atoms with Crippen molar-refractivity contribution in [2.24, 2.45) is 0 Å². The number of aryl methyl sites for hydroxylation is 1. The van der Waals surface area contributed by atoms with Crippen LogP contribution in [0.3, 0.4) is 0 Å². The van der Waals surface area contributed by atoms with Gasteiger partial charge in [-0.2, -0.15) is 0 Å². The highest BCUT2D eigenvalue weighted by atomic mass is 16.3. The van der Waals surface area contributed by atoms with Gasteiger partial charge < -0.3 is 14.6 Å². The Morgan fingerprint density at radius 1 is 1.03 bits per heavy atom. The summed E-state index contributed by atoms with van der Waals surface area (Å²) in [5.41, 5.74) is 7.70. The van der Waals surface area contributed by atoms with Crippen molar-refractivity contribution in [1.82, 2.24) is 10.2 Å². The molecule has 1 N–H and O–H groups in total. The number of nitrogens with zero attached hydrogens (tertiary/aromatic N) is 1. The topological polar surface area (TPSA) is 45.5 Å². The highest BCUT2D eigenvalue weighted by Crippen LogP contribution is 2.40. The van der Waals surface area contributed by atoms with Gasteiger partial charge in [-0.3, -0.25) is 4.79 Å². The highest BCUT2D eigenvalue weighted by Gasteiger charge is 2.28. The fourth-order valence-corrected chi connectivity index (χ4v) is 5.43. The SMILES string of the molecule is C[C@@H](N[C@@H]1CCCc2c1oc1ccc(-c3ccc4c(c3)C(=O)N(C)C4)cc21)c1ccccc1. The zero-order valence-corrected chi connectivity index (χ0v) is 19.1. The fourth-order valence-electron chi connectivity index (χ4n) is 5.43. The van der Waals surface area contributed by atoms with Crippen molar-refractivity contribution in [2.75, 3.05) is 7.05 Å². The van der Waals surface area contributed by atoms with Gasteiger partial charge in [0.25, 0.3) is 5.91 Å². The molecule has 2 aliphatic rings. The molecule has 4 nitrogen and oxygen atoms in total. The first-order chi connectivity index (χ1) is 16.1. The monoisotopic (exact) mass is 436 g/mol. The second-order valence-corrected chi connectivity index (χ2v) is 9.43. The molecule has 33 heavy (non-hydrogen) atoms. The van der Waals surface area contributed by atoms with E-state index in [1.807, 2.05) is 13.1 Å². The minimum absolute atomic E-state index is 0.107. The third-order valence-electron chi connectivity index (χ3n) is 7.24. The smallest absolute Gasteiger partial charge is 0.254 e. The molecule has 1 aliphatic heterocycles. The average molecular weight is 437 g/mol. The molecule has 0 radical (unpaired) electrons. The molecular formula is C29H28N2O2. The van der Waals surface area contributed by atoms with Crippen molar-refractivity contribution in [2.45, 2.75) is 44.8 Å². The Bertz CT molecular complexity index is 1360. The van der Waals surface area contributed by atoms with Crippen molar-refractivity contribution >= 4 is 16.9 Å². The third kappa shape index (κ3) is 3.46. The minimum Gasteiger partial charge on any atom is -0.459 e. The van der Waals surface area contributed by atoms with Gasteiger partial charge >= 0.3 is 0 Å². The zero-order valence-electron chi connectivity index (χ0n) is 19.1. The van der Waals surface area contributed by atoms with Gasteiger partial charge in [0.15, 0.2) is 0 Å². The predicted molar refractivity (Wildman–Crippen MR) is 131 cm³/mol. The second kappa shape index (κ2) is 7.89. The number of carbonyl (C=O) groups is 1. The van der Waals surface area contributed by atoms with E-state index in [0.29, 0.717) is 6.54 Å². The summed E-state index contributed by atoms with van der Waals surface area (Å²) >= 11 is 0. The molecule has 0 bridgehead atoms. The van der Waals surface area contributed by atoms with Crippen LogP contribution in [0.2, 0.25) is 0 Å². The second-order valence-electron chi connectivity index (χ2n) is 9.43. The maximum Gasteiger partial charge on any atom is 0.254 e. The Labute approximate surface area is 194 Å². The van der Waals surface area contributed by atoms with Gasteiger partial charge in [0.05, 0.1) is 6.04 Å². The molecule has 1 aromatic heterocycles. The summed E-state index contributed by atoms with van der Waals surface area (Å²) in [4.78, 5) is 14.2. The lowest BCUT2D eigenvalue weighted by atomic mass is 9.90. The Morgan fingerprint density at radius 3 is 2.67 bits per heavy atom. The first kappa shape index (κ1) is 20.3. The van der Waals surface area contributed by atoms with Crippen LogP contribution < -0.4 is 5.32 Å². The number of nitrogens with one attached hydrogen (secondary N) is 1. The van der Waals surface area contributed by atoms with Crippen LogP contribution in [0.25, 0.3) is 22.1 Å². The van der Waals surface area contributed by atoms with Crippen molar-refractivity contribution in [1.29, 1.82) is 0 Å². The molecule has 0 unspecified atom stereocenters. The lowest BCUT2D eigenvalue weighted by molar-refractivity contribution is 0.0816. The molecule has 1 amide bonds. The van der Waals surface area contributed by atoms with E-state index in [4.69, 9.17) is 4.42 Å². The van der Waals surface area contributed by atoms with Crippen LogP contribution in [0.5, 0.6) is 0 Å². The van der Waals surface area contributed by atoms with Crippen LogP contribution in [0.15, 0.2) is 71.1 Å². The lowest BCUT2D eigenvalue weighted by Gasteiger charge is -2.26. The molecule has 0 spiro atoms. The van der Waals surface area contributed by atoms with E-state index < -0.39 is 0 Å². The summed E-state index contributed by atoms with van der Waals surface area (Å²) < 4.78 is 6.41. The number of amides is 1. The molecule has 0 saturated carbocycles. The van der Waals surface area contributed by atoms with Gasteiger partial charge in [-0.05, 0) is 66.6 Å².